The van der Waals surface area contributed by atoms with E-state index in [1.165, 1.54) is 5.56 Å². The van der Waals surface area contributed by atoms with E-state index in [9.17, 15) is 0 Å². The van der Waals surface area contributed by atoms with Gasteiger partial charge in [0.25, 0.3) is 0 Å². The maximum Gasteiger partial charge on any atom is 0.0720 e. The highest BCUT2D eigenvalue weighted by Gasteiger charge is 2.30. The maximum absolute atomic E-state index is 8.60. The average Bonchev–Trinajstić information content (AvgIpc) is 2.28. The Hall–Kier alpha value is -0.900. The van der Waals surface area contributed by atoms with Crippen molar-refractivity contribution in [1.82, 2.24) is 0 Å². The Bertz CT molecular complexity index is 293. The van der Waals surface area contributed by atoms with Crippen molar-refractivity contribution in [3.8, 4) is 0 Å². The van der Waals surface area contributed by atoms with Gasteiger partial charge in [-0.15, -0.1) is 0 Å². The molecule has 3 nitrogen and oxygen atoms in total. The zero-order valence-corrected chi connectivity index (χ0v) is 9.34. The summed E-state index contributed by atoms with van der Waals surface area (Å²) in [7, 11) is 0. The van der Waals surface area contributed by atoms with Gasteiger partial charge in [0.15, 0.2) is 0 Å². The molecule has 3 heteroatoms. The Labute approximate surface area is 96.0 Å². The lowest BCUT2D eigenvalue weighted by Crippen LogP contribution is -2.37. The van der Waals surface area contributed by atoms with Crippen LogP contribution in [-0.2, 0) is 16.1 Å². The van der Waals surface area contributed by atoms with Gasteiger partial charge in [-0.2, -0.15) is 0 Å². The van der Waals surface area contributed by atoms with Crippen molar-refractivity contribution in [3.05, 3.63) is 35.9 Å². The van der Waals surface area contributed by atoms with Crippen molar-refractivity contribution in [2.45, 2.75) is 31.7 Å². The lowest BCUT2D eigenvalue weighted by atomic mass is 9.92. The minimum atomic E-state index is 0.103. The highest BCUT2D eigenvalue weighted by Crippen LogP contribution is 2.26. The molecule has 0 atom stereocenters. The highest BCUT2D eigenvalue weighted by molar-refractivity contribution is 5.13. The smallest absolute Gasteiger partial charge is 0.0720 e. The van der Waals surface area contributed by atoms with Crippen LogP contribution in [0.25, 0.3) is 0 Å². The van der Waals surface area contributed by atoms with Crippen molar-refractivity contribution < 1.29 is 14.6 Å². The largest absolute Gasteiger partial charge is 0.394 e. The van der Waals surface area contributed by atoms with Crippen LogP contribution < -0.4 is 0 Å². The summed E-state index contributed by atoms with van der Waals surface area (Å²) in [4.78, 5) is 0. The second-order valence-corrected chi connectivity index (χ2v) is 4.11. The van der Waals surface area contributed by atoms with E-state index in [1.807, 2.05) is 18.2 Å². The number of rotatable bonds is 6. The summed E-state index contributed by atoms with van der Waals surface area (Å²) in [6, 6.07) is 10.2. The second kappa shape index (κ2) is 5.99. The number of hydrogen-bond acceptors (Lipinski definition) is 3. The van der Waals surface area contributed by atoms with Crippen LogP contribution in [0, 0.1) is 0 Å². The van der Waals surface area contributed by atoms with Gasteiger partial charge in [0, 0.05) is 0 Å². The normalized spacial score (nSPS) is 24.1. The van der Waals surface area contributed by atoms with Crippen molar-refractivity contribution in [2.75, 3.05) is 13.2 Å². The molecule has 1 saturated carbocycles. The fourth-order valence-corrected chi connectivity index (χ4v) is 1.80. The highest BCUT2D eigenvalue weighted by atomic mass is 16.5. The third kappa shape index (κ3) is 3.30. The summed E-state index contributed by atoms with van der Waals surface area (Å²) >= 11 is 0. The average molecular weight is 222 g/mol. The first kappa shape index (κ1) is 11.6. The SMILES string of the molecule is OCCOC1CC(OCc2ccccc2)C1. The van der Waals surface area contributed by atoms with Gasteiger partial charge in [-0.05, 0) is 18.4 Å². The lowest BCUT2D eigenvalue weighted by molar-refractivity contribution is -0.111. The molecule has 0 bridgehead atoms. The number of aliphatic hydroxyl groups excluding tert-OH is 1. The van der Waals surface area contributed by atoms with Gasteiger partial charge >= 0.3 is 0 Å². The number of aliphatic hydroxyl groups is 1. The minimum absolute atomic E-state index is 0.103. The Kier molecular flexibility index (Phi) is 4.34. The molecule has 0 saturated heterocycles. The number of benzene rings is 1. The predicted octanol–water partition coefficient (Wildman–Crippen LogP) is 1.74. The molecular formula is C13H18O3. The van der Waals surface area contributed by atoms with Gasteiger partial charge < -0.3 is 14.6 Å². The van der Waals surface area contributed by atoms with E-state index in [-0.39, 0.29) is 12.7 Å². The third-order valence-corrected chi connectivity index (χ3v) is 2.82. The standard InChI is InChI=1S/C13H18O3/c14-6-7-15-12-8-13(9-12)16-10-11-4-2-1-3-5-11/h1-5,12-14H,6-10H2. The zero-order valence-electron chi connectivity index (χ0n) is 9.34. The zero-order chi connectivity index (χ0) is 11.2. The predicted molar refractivity (Wildman–Crippen MR) is 61.1 cm³/mol. The van der Waals surface area contributed by atoms with E-state index in [0.29, 0.717) is 19.3 Å². The summed E-state index contributed by atoms with van der Waals surface area (Å²) in [6.07, 6.45) is 2.51. The first-order valence-corrected chi connectivity index (χ1v) is 5.76. The third-order valence-electron chi connectivity index (χ3n) is 2.82. The molecule has 0 radical (unpaired) electrons. The Morgan fingerprint density at radius 2 is 1.75 bits per heavy atom. The molecule has 0 aliphatic heterocycles. The summed E-state index contributed by atoms with van der Waals surface area (Å²) < 4.78 is 11.1. The van der Waals surface area contributed by atoms with Crippen LogP contribution in [-0.4, -0.2) is 30.5 Å². The molecule has 0 heterocycles. The summed E-state index contributed by atoms with van der Waals surface area (Å²) in [5, 5.41) is 8.60. The van der Waals surface area contributed by atoms with Gasteiger partial charge in [0.2, 0.25) is 0 Å². The summed E-state index contributed by atoms with van der Waals surface area (Å²) in [5.74, 6) is 0. The van der Waals surface area contributed by atoms with Gasteiger partial charge in [-0.25, -0.2) is 0 Å². The van der Waals surface area contributed by atoms with Crippen LogP contribution in [0.4, 0.5) is 0 Å². The van der Waals surface area contributed by atoms with Crippen LogP contribution >= 0.6 is 0 Å². The molecule has 2 rings (SSSR count). The molecule has 1 aliphatic rings. The van der Waals surface area contributed by atoms with Gasteiger partial charge in [-0.3, -0.25) is 0 Å². The molecular weight excluding hydrogens is 204 g/mol. The molecule has 16 heavy (non-hydrogen) atoms. The Balaban J connectivity index is 1.60. The van der Waals surface area contributed by atoms with Gasteiger partial charge in [-0.1, -0.05) is 30.3 Å². The first-order valence-electron chi connectivity index (χ1n) is 5.76. The molecule has 1 fully saturated rings. The van der Waals surface area contributed by atoms with Crippen molar-refractivity contribution in [3.63, 3.8) is 0 Å². The molecule has 88 valence electrons. The van der Waals surface area contributed by atoms with Crippen LogP contribution in [0.5, 0.6) is 0 Å². The van der Waals surface area contributed by atoms with Gasteiger partial charge in [0.05, 0.1) is 32.0 Å². The van der Waals surface area contributed by atoms with Crippen molar-refractivity contribution >= 4 is 0 Å². The fraction of sp³-hybridized carbons (Fsp3) is 0.538. The Morgan fingerprint density at radius 3 is 2.44 bits per heavy atom. The molecule has 1 aliphatic carbocycles. The number of hydrogen-bond donors (Lipinski definition) is 1. The maximum atomic E-state index is 8.60. The minimum Gasteiger partial charge on any atom is -0.394 e. The van der Waals surface area contributed by atoms with Crippen LogP contribution in [0.1, 0.15) is 18.4 Å². The van der Waals surface area contributed by atoms with Crippen LogP contribution in [0.15, 0.2) is 30.3 Å². The van der Waals surface area contributed by atoms with Crippen LogP contribution in [0.2, 0.25) is 0 Å². The fourth-order valence-electron chi connectivity index (χ4n) is 1.80. The molecule has 0 amide bonds. The van der Waals surface area contributed by atoms with E-state index >= 15 is 0 Å². The van der Waals surface area contributed by atoms with E-state index in [2.05, 4.69) is 12.1 Å². The van der Waals surface area contributed by atoms with E-state index in [4.69, 9.17) is 14.6 Å². The topological polar surface area (TPSA) is 38.7 Å². The van der Waals surface area contributed by atoms with Crippen molar-refractivity contribution in [1.29, 1.82) is 0 Å². The summed E-state index contributed by atoms with van der Waals surface area (Å²) in [5.41, 5.74) is 1.21. The van der Waals surface area contributed by atoms with E-state index in [0.717, 1.165) is 12.8 Å². The number of ether oxygens (including phenoxy) is 2. The second-order valence-electron chi connectivity index (χ2n) is 4.11. The molecule has 1 aromatic rings. The molecule has 1 N–H and O–H groups in total. The molecule has 0 spiro atoms. The first-order chi connectivity index (χ1) is 7.88. The monoisotopic (exact) mass is 222 g/mol. The molecule has 1 aromatic carbocycles. The quantitative estimate of drug-likeness (QED) is 0.797. The molecule has 0 aromatic heterocycles. The van der Waals surface area contributed by atoms with E-state index in [1.54, 1.807) is 0 Å². The molecule has 0 unspecified atom stereocenters. The van der Waals surface area contributed by atoms with Gasteiger partial charge in [0.1, 0.15) is 0 Å². The van der Waals surface area contributed by atoms with Crippen molar-refractivity contribution in [2.24, 2.45) is 0 Å². The lowest BCUT2D eigenvalue weighted by Gasteiger charge is -2.34. The van der Waals surface area contributed by atoms with E-state index < -0.39 is 0 Å². The summed E-state index contributed by atoms with van der Waals surface area (Å²) in [6.45, 7) is 1.22. The van der Waals surface area contributed by atoms with Crippen LogP contribution in [0.3, 0.4) is 0 Å². The Morgan fingerprint density at radius 1 is 1.06 bits per heavy atom.